The van der Waals surface area contributed by atoms with Gasteiger partial charge < -0.3 is 10.3 Å². The van der Waals surface area contributed by atoms with E-state index in [1.54, 1.807) is 0 Å². The quantitative estimate of drug-likeness (QED) is 0.315. The van der Waals surface area contributed by atoms with Crippen LogP contribution in [0.15, 0.2) is 109 Å². The molecular formula is C28H20N2. The second-order valence-corrected chi connectivity index (χ2v) is 7.67. The van der Waals surface area contributed by atoms with E-state index in [0.717, 1.165) is 22.5 Å². The summed E-state index contributed by atoms with van der Waals surface area (Å²) in [6, 6.07) is 38.4. The van der Waals surface area contributed by atoms with Gasteiger partial charge in [-0.1, -0.05) is 78.9 Å². The van der Waals surface area contributed by atoms with Crippen molar-refractivity contribution in [3.63, 3.8) is 0 Å². The van der Waals surface area contributed by atoms with Crippen molar-refractivity contribution in [3.05, 3.63) is 109 Å². The molecule has 30 heavy (non-hydrogen) atoms. The van der Waals surface area contributed by atoms with Gasteiger partial charge in [-0.2, -0.15) is 0 Å². The lowest BCUT2D eigenvalue weighted by atomic mass is 9.95. The van der Waals surface area contributed by atoms with Crippen LogP contribution in [0.3, 0.4) is 0 Å². The van der Waals surface area contributed by atoms with Crippen LogP contribution in [0.1, 0.15) is 0 Å². The van der Waals surface area contributed by atoms with Crippen molar-refractivity contribution in [1.82, 2.24) is 4.57 Å². The Hall–Kier alpha value is -4.04. The third kappa shape index (κ3) is 2.44. The highest BCUT2D eigenvalue weighted by atomic mass is 15.0. The van der Waals surface area contributed by atoms with Crippen molar-refractivity contribution in [2.75, 3.05) is 5.73 Å². The SMILES string of the molecule is Nc1ccc2ccccc2c1-c1ccc2c3ccccc3n(-c3ccccc3)c2c1. The van der Waals surface area contributed by atoms with E-state index in [4.69, 9.17) is 5.73 Å². The van der Waals surface area contributed by atoms with Gasteiger partial charge in [-0.05, 0) is 46.7 Å². The number of nitrogen functional groups attached to an aromatic ring is 1. The fourth-order valence-electron chi connectivity index (χ4n) is 4.59. The van der Waals surface area contributed by atoms with Gasteiger partial charge in [0.25, 0.3) is 0 Å². The predicted molar refractivity (Wildman–Crippen MR) is 128 cm³/mol. The smallest absolute Gasteiger partial charge is 0.0547 e. The van der Waals surface area contributed by atoms with Crippen molar-refractivity contribution < 1.29 is 0 Å². The molecule has 0 amide bonds. The number of rotatable bonds is 2. The van der Waals surface area contributed by atoms with Crippen LogP contribution in [0.5, 0.6) is 0 Å². The molecular weight excluding hydrogens is 364 g/mol. The Bertz CT molecular complexity index is 1540. The first-order valence-corrected chi connectivity index (χ1v) is 10.2. The van der Waals surface area contributed by atoms with E-state index in [2.05, 4.69) is 108 Å². The zero-order valence-electron chi connectivity index (χ0n) is 16.4. The van der Waals surface area contributed by atoms with E-state index in [9.17, 15) is 0 Å². The summed E-state index contributed by atoms with van der Waals surface area (Å²) in [6.45, 7) is 0. The number of aromatic nitrogens is 1. The lowest BCUT2D eigenvalue weighted by Gasteiger charge is -2.12. The first-order chi connectivity index (χ1) is 14.8. The summed E-state index contributed by atoms with van der Waals surface area (Å²) in [6.07, 6.45) is 0. The molecule has 142 valence electrons. The van der Waals surface area contributed by atoms with Crippen LogP contribution < -0.4 is 5.73 Å². The highest BCUT2D eigenvalue weighted by molar-refractivity contribution is 6.11. The van der Waals surface area contributed by atoms with Crippen LogP contribution in [0.25, 0.3) is 49.4 Å². The fourth-order valence-corrected chi connectivity index (χ4v) is 4.59. The highest BCUT2D eigenvalue weighted by Gasteiger charge is 2.14. The van der Waals surface area contributed by atoms with Gasteiger partial charge in [0.15, 0.2) is 0 Å². The van der Waals surface area contributed by atoms with Gasteiger partial charge in [-0.25, -0.2) is 0 Å². The van der Waals surface area contributed by atoms with Crippen LogP contribution in [0.2, 0.25) is 0 Å². The molecule has 0 aliphatic heterocycles. The molecule has 2 heteroatoms. The average molecular weight is 384 g/mol. The van der Waals surface area contributed by atoms with Gasteiger partial charge in [0, 0.05) is 27.7 Å². The predicted octanol–water partition coefficient (Wildman–Crippen LogP) is 7.19. The summed E-state index contributed by atoms with van der Waals surface area (Å²) in [5, 5.41) is 4.88. The molecule has 1 aromatic heterocycles. The van der Waals surface area contributed by atoms with E-state index < -0.39 is 0 Å². The number of benzene rings is 5. The maximum atomic E-state index is 6.48. The number of anilines is 1. The Kier molecular flexibility index (Phi) is 3.65. The van der Waals surface area contributed by atoms with Crippen LogP contribution in [-0.4, -0.2) is 4.57 Å². The molecule has 0 aliphatic rings. The molecule has 1 heterocycles. The van der Waals surface area contributed by atoms with Crippen molar-refractivity contribution in [2.45, 2.75) is 0 Å². The van der Waals surface area contributed by atoms with Gasteiger partial charge in [0.2, 0.25) is 0 Å². The van der Waals surface area contributed by atoms with Crippen LogP contribution in [-0.2, 0) is 0 Å². The summed E-state index contributed by atoms with van der Waals surface area (Å²) in [4.78, 5) is 0. The normalized spacial score (nSPS) is 11.5. The molecule has 0 radical (unpaired) electrons. The number of hydrogen-bond donors (Lipinski definition) is 1. The van der Waals surface area contributed by atoms with E-state index in [0.29, 0.717) is 0 Å². The van der Waals surface area contributed by atoms with E-state index in [1.165, 1.54) is 32.6 Å². The Morgan fingerprint density at radius 1 is 0.533 bits per heavy atom. The third-order valence-corrected chi connectivity index (χ3v) is 5.94. The summed E-state index contributed by atoms with van der Waals surface area (Å²) in [5.74, 6) is 0. The molecule has 0 bridgehead atoms. The van der Waals surface area contributed by atoms with Gasteiger partial charge >= 0.3 is 0 Å². The summed E-state index contributed by atoms with van der Waals surface area (Å²) >= 11 is 0. The minimum absolute atomic E-state index is 0.801. The number of para-hydroxylation sites is 2. The third-order valence-electron chi connectivity index (χ3n) is 5.94. The Balaban J connectivity index is 1.73. The maximum absolute atomic E-state index is 6.48. The molecule has 0 unspecified atom stereocenters. The second-order valence-electron chi connectivity index (χ2n) is 7.67. The number of hydrogen-bond acceptors (Lipinski definition) is 1. The van der Waals surface area contributed by atoms with Crippen LogP contribution in [0, 0.1) is 0 Å². The van der Waals surface area contributed by atoms with Crippen molar-refractivity contribution >= 4 is 38.3 Å². The summed E-state index contributed by atoms with van der Waals surface area (Å²) in [5.41, 5.74) is 13.1. The first-order valence-electron chi connectivity index (χ1n) is 10.2. The van der Waals surface area contributed by atoms with Crippen LogP contribution in [0.4, 0.5) is 5.69 Å². The maximum Gasteiger partial charge on any atom is 0.0547 e. The zero-order valence-corrected chi connectivity index (χ0v) is 16.4. The summed E-state index contributed by atoms with van der Waals surface area (Å²) < 4.78 is 2.34. The Labute approximate surface area is 174 Å². The van der Waals surface area contributed by atoms with Gasteiger partial charge in [-0.15, -0.1) is 0 Å². The Morgan fingerprint density at radius 2 is 1.23 bits per heavy atom. The number of nitrogens with zero attached hydrogens (tertiary/aromatic N) is 1. The molecule has 0 spiro atoms. The lowest BCUT2D eigenvalue weighted by molar-refractivity contribution is 1.18. The average Bonchev–Trinajstić information content (AvgIpc) is 3.13. The monoisotopic (exact) mass is 384 g/mol. The minimum Gasteiger partial charge on any atom is -0.398 e. The molecule has 0 aliphatic carbocycles. The molecule has 0 atom stereocenters. The number of fused-ring (bicyclic) bond motifs is 4. The Morgan fingerprint density at radius 3 is 2.10 bits per heavy atom. The summed E-state index contributed by atoms with van der Waals surface area (Å²) in [7, 11) is 0. The van der Waals surface area contributed by atoms with Crippen molar-refractivity contribution in [2.24, 2.45) is 0 Å². The molecule has 0 saturated heterocycles. The van der Waals surface area contributed by atoms with Gasteiger partial charge in [0.05, 0.1) is 11.0 Å². The standard InChI is InChI=1S/C28H20N2/c29-25-17-15-19-8-4-5-11-22(19)28(25)20-14-16-24-23-12-6-7-13-26(23)30(27(24)18-20)21-9-2-1-3-10-21/h1-18H,29H2. The van der Waals surface area contributed by atoms with E-state index in [1.807, 2.05) is 6.07 Å². The van der Waals surface area contributed by atoms with Crippen molar-refractivity contribution in [1.29, 1.82) is 0 Å². The molecule has 0 saturated carbocycles. The van der Waals surface area contributed by atoms with Crippen LogP contribution >= 0.6 is 0 Å². The minimum atomic E-state index is 0.801. The molecule has 2 N–H and O–H groups in total. The molecule has 6 aromatic rings. The topological polar surface area (TPSA) is 30.9 Å². The fraction of sp³-hybridized carbons (Fsp3) is 0. The van der Waals surface area contributed by atoms with Crippen molar-refractivity contribution in [3.8, 4) is 16.8 Å². The van der Waals surface area contributed by atoms with Gasteiger partial charge in [-0.3, -0.25) is 0 Å². The van der Waals surface area contributed by atoms with Gasteiger partial charge in [0.1, 0.15) is 0 Å². The molecule has 5 aromatic carbocycles. The highest BCUT2D eigenvalue weighted by Crippen LogP contribution is 2.38. The molecule has 2 nitrogen and oxygen atoms in total. The first kappa shape index (κ1) is 16.9. The molecule has 0 fully saturated rings. The zero-order chi connectivity index (χ0) is 20.1. The van der Waals surface area contributed by atoms with E-state index >= 15 is 0 Å². The van der Waals surface area contributed by atoms with E-state index in [-0.39, 0.29) is 0 Å². The largest absolute Gasteiger partial charge is 0.398 e. The number of nitrogens with two attached hydrogens (primary N) is 1. The lowest BCUT2D eigenvalue weighted by Crippen LogP contribution is -1.94. The molecule has 6 rings (SSSR count). The second kappa shape index (κ2) is 6.50.